The molecular formula is C27H35N3O5S. The quantitative estimate of drug-likeness (QED) is 0.562. The molecule has 2 amide bonds. The molecule has 3 heterocycles. The monoisotopic (exact) mass is 513 g/mol. The first-order chi connectivity index (χ1) is 17.0. The maximum absolute atomic E-state index is 13.6. The molecular weight excluding hydrogens is 478 g/mol. The summed E-state index contributed by atoms with van der Waals surface area (Å²) in [7, 11) is 0. The number of hydrogen-bond acceptors (Lipinski definition) is 7. The Morgan fingerprint density at radius 1 is 1.22 bits per heavy atom. The fourth-order valence-corrected chi connectivity index (χ4v) is 5.53. The molecule has 2 saturated heterocycles. The smallest absolute Gasteiger partial charge is 0.243 e. The molecule has 2 N–H and O–H groups in total. The maximum Gasteiger partial charge on any atom is 0.243 e. The number of aromatic nitrogens is 1. The standard InChI is InChI=1S/C27H35N3O5S/c1-16-24(36-15-29-16)18-7-5-17(6-8-18)11-28-25(33)22-9-20(31)12-30(22)26(34)21(27(2,3)4)10-23(32)19-13-35-14-19/h5-8,15,19-22,31H,9-14H2,1-4H3,(H,28,33)/t20-,21-,22+/m1/s1. The predicted octanol–water partition coefficient (Wildman–Crippen LogP) is 2.96. The van der Waals surface area contributed by atoms with Crippen LogP contribution in [0, 0.1) is 24.2 Å². The number of β-amino-alcohol motifs (C(OH)–C–C–N with tert-alkyl or cyclic N) is 1. The lowest BCUT2D eigenvalue weighted by Crippen LogP contribution is -2.50. The Labute approximate surface area is 216 Å². The van der Waals surface area contributed by atoms with Gasteiger partial charge in [-0.15, -0.1) is 11.3 Å². The molecule has 0 radical (unpaired) electrons. The molecule has 4 rings (SSSR count). The molecule has 2 fully saturated rings. The van der Waals surface area contributed by atoms with Crippen LogP contribution in [0.5, 0.6) is 0 Å². The highest BCUT2D eigenvalue weighted by Gasteiger charge is 2.45. The van der Waals surface area contributed by atoms with Crippen molar-refractivity contribution in [1.82, 2.24) is 15.2 Å². The summed E-state index contributed by atoms with van der Waals surface area (Å²) < 4.78 is 5.14. The van der Waals surface area contributed by atoms with Crippen molar-refractivity contribution < 1.29 is 24.2 Å². The minimum atomic E-state index is -0.775. The third kappa shape index (κ3) is 5.85. The van der Waals surface area contributed by atoms with Gasteiger partial charge in [-0.2, -0.15) is 0 Å². The normalized spacial score (nSPS) is 21.2. The maximum atomic E-state index is 13.6. The number of ether oxygens (including phenoxy) is 1. The Kier molecular flexibility index (Phi) is 7.92. The number of aliphatic hydroxyl groups is 1. The number of carbonyl (C=O) groups is 3. The van der Waals surface area contributed by atoms with Crippen LogP contribution in [0.25, 0.3) is 10.4 Å². The zero-order valence-corrected chi connectivity index (χ0v) is 22.1. The van der Waals surface area contributed by atoms with E-state index in [1.165, 1.54) is 4.90 Å². The zero-order valence-electron chi connectivity index (χ0n) is 21.3. The lowest BCUT2D eigenvalue weighted by Gasteiger charge is -2.36. The van der Waals surface area contributed by atoms with E-state index in [1.54, 1.807) is 11.3 Å². The lowest BCUT2D eigenvalue weighted by atomic mass is 9.75. The second-order valence-corrected chi connectivity index (χ2v) is 11.8. The van der Waals surface area contributed by atoms with E-state index < -0.39 is 23.5 Å². The first-order valence-corrected chi connectivity index (χ1v) is 13.3. The molecule has 2 aliphatic heterocycles. The van der Waals surface area contributed by atoms with Crippen molar-refractivity contribution in [3.8, 4) is 10.4 Å². The summed E-state index contributed by atoms with van der Waals surface area (Å²) in [6.07, 6.45) is -0.478. The van der Waals surface area contributed by atoms with E-state index in [0.29, 0.717) is 19.8 Å². The summed E-state index contributed by atoms with van der Waals surface area (Å²) in [4.78, 5) is 46.3. The molecule has 0 spiro atoms. The van der Waals surface area contributed by atoms with Gasteiger partial charge < -0.3 is 20.1 Å². The molecule has 0 aliphatic carbocycles. The molecule has 36 heavy (non-hydrogen) atoms. The largest absolute Gasteiger partial charge is 0.391 e. The third-order valence-corrected chi connectivity index (χ3v) is 8.11. The average molecular weight is 514 g/mol. The Morgan fingerprint density at radius 2 is 1.92 bits per heavy atom. The number of amides is 2. The number of nitrogens with one attached hydrogen (secondary N) is 1. The van der Waals surface area contributed by atoms with E-state index >= 15 is 0 Å². The Balaban J connectivity index is 1.41. The molecule has 2 aromatic rings. The van der Waals surface area contributed by atoms with Gasteiger partial charge in [0.25, 0.3) is 0 Å². The number of ketones is 1. The molecule has 0 unspecified atom stereocenters. The summed E-state index contributed by atoms with van der Waals surface area (Å²) in [5, 5.41) is 13.3. The number of aliphatic hydroxyl groups excluding tert-OH is 1. The molecule has 1 aromatic carbocycles. The third-order valence-electron chi connectivity index (χ3n) is 7.14. The number of rotatable bonds is 8. The minimum absolute atomic E-state index is 0.0206. The van der Waals surface area contributed by atoms with E-state index in [-0.39, 0.29) is 42.9 Å². The summed E-state index contributed by atoms with van der Waals surface area (Å²) >= 11 is 1.59. The number of thiazole rings is 1. The van der Waals surface area contributed by atoms with E-state index in [9.17, 15) is 19.5 Å². The van der Waals surface area contributed by atoms with Crippen LogP contribution >= 0.6 is 11.3 Å². The van der Waals surface area contributed by atoms with Crippen LogP contribution in [0.15, 0.2) is 29.8 Å². The predicted molar refractivity (Wildman–Crippen MR) is 137 cm³/mol. The van der Waals surface area contributed by atoms with Crippen molar-refractivity contribution in [2.24, 2.45) is 17.3 Å². The summed E-state index contributed by atoms with van der Waals surface area (Å²) in [6.45, 7) is 8.98. The number of nitrogens with zero attached hydrogens (tertiary/aromatic N) is 2. The SMILES string of the molecule is Cc1ncsc1-c1ccc(CNC(=O)[C@@H]2C[C@@H](O)CN2C(=O)[C@@H](CC(=O)C2COC2)C(C)(C)C)cc1. The van der Waals surface area contributed by atoms with Crippen LogP contribution in [-0.4, -0.2) is 64.5 Å². The van der Waals surface area contributed by atoms with Gasteiger partial charge in [-0.3, -0.25) is 14.4 Å². The highest BCUT2D eigenvalue weighted by molar-refractivity contribution is 7.13. The Hall–Kier alpha value is -2.62. The molecule has 0 saturated carbocycles. The average Bonchev–Trinajstić information content (AvgIpc) is 3.39. The van der Waals surface area contributed by atoms with Crippen molar-refractivity contribution in [3.63, 3.8) is 0 Å². The number of benzene rings is 1. The number of carbonyl (C=O) groups excluding carboxylic acids is 3. The Morgan fingerprint density at radius 3 is 2.47 bits per heavy atom. The fraction of sp³-hybridized carbons (Fsp3) is 0.556. The molecule has 9 heteroatoms. The van der Waals surface area contributed by atoms with Crippen LogP contribution in [-0.2, 0) is 25.7 Å². The highest BCUT2D eigenvalue weighted by atomic mass is 32.1. The molecule has 8 nitrogen and oxygen atoms in total. The van der Waals surface area contributed by atoms with Crippen molar-refractivity contribution in [2.75, 3.05) is 19.8 Å². The van der Waals surface area contributed by atoms with Crippen LogP contribution in [0.4, 0.5) is 0 Å². The molecule has 1 aromatic heterocycles. The molecule has 3 atom stereocenters. The van der Waals surface area contributed by atoms with Crippen LogP contribution in [0.2, 0.25) is 0 Å². The van der Waals surface area contributed by atoms with Crippen molar-refractivity contribution >= 4 is 28.9 Å². The Bertz CT molecular complexity index is 1100. The van der Waals surface area contributed by atoms with E-state index in [2.05, 4.69) is 10.3 Å². The van der Waals surface area contributed by atoms with Crippen LogP contribution < -0.4 is 5.32 Å². The van der Waals surface area contributed by atoms with E-state index in [0.717, 1.165) is 21.7 Å². The molecule has 194 valence electrons. The van der Waals surface area contributed by atoms with Gasteiger partial charge in [0.15, 0.2) is 0 Å². The lowest BCUT2D eigenvalue weighted by molar-refractivity contribution is -0.149. The first-order valence-electron chi connectivity index (χ1n) is 12.4. The van der Waals surface area contributed by atoms with Gasteiger partial charge in [0.2, 0.25) is 11.8 Å². The first kappa shape index (κ1) is 26.4. The van der Waals surface area contributed by atoms with Gasteiger partial charge >= 0.3 is 0 Å². The summed E-state index contributed by atoms with van der Waals surface area (Å²) in [6, 6.07) is 7.18. The second-order valence-electron chi connectivity index (χ2n) is 10.9. The number of likely N-dealkylation sites (tertiary alicyclic amines) is 1. The van der Waals surface area contributed by atoms with Gasteiger partial charge in [-0.1, -0.05) is 45.0 Å². The zero-order chi connectivity index (χ0) is 26.0. The van der Waals surface area contributed by atoms with E-state index in [1.807, 2.05) is 57.5 Å². The molecule has 0 bridgehead atoms. The van der Waals surface area contributed by atoms with Crippen molar-refractivity contribution in [3.05, 3.63) is 41.0 Å². The van der Waals surface area contributed by atoms with E-state index in [4.69, 9.17) is 4.74 Å². The number of Topliss-reactive ketones (excluding diaryl/α,β-unsaturated/α-hetero) is 1. The fourth-order valence-electron chi connectivity index (χ4n) is 4.72. The van der Waals surface area contributed by atoms with Crippen molar-refractivity contribution in [1.29, 1.82) is 0 Å². The van der Waals surface area contributed by atoms with Gasteiger partial charge in [0, 0.05) is 31.8 Å². The van der Waals surface area contributed by atoms with Crippen LogP contribution in [0.3, 0.4) is 0 Å². The molecule has 2 aliphatic rings. The second kappa shape index (κ2) is 10.8. The van der Waals surface area contributed by atoms with Crippen LogP contribution in [0.1, 0.15) is 44.9 Å². The van der Waals surface area contributed by atoms with Gasteiger partial charge in [-0.05, 0) is 23.5 Å². The van der Waals surface area contributed by atoms with Gasteiger partial charge in [-0.25, -0.2) is 4.98 Å². The van der Waals surface area contributed by atoms with Gasteiger partial charge in [0.05, 0.1) is 41.3 Å². The topological polar surface area (TPSA) is 109 Å². The number of hydrogen-bond donors (Lipinski definition) is 2. The minimum Gasteiger partial charge on any atom is -0.391 e. The van der Waals surface area contributed by atoms with Gasteiger partial charge in [0.1, 0.15) is 11.8 Å². The highest BCUT2D eigenvalue weighted by Crippen LogP contribution is 2.35. The van der Waals surface area contributed by atoms with Crippen molar-refractivity contribution in [2.45, 2.75) is 59.2 Å². The summed E-state index contributed by atoms with van der Waals surface area (Å²) in [5.41, 5.74) is 4.36. The number of aryl methyl sites for hydroxylation is 1. The summed E-state index contributed by atoms with van der Waals surface area (Å²) in [5.74, 6) is -1.26.